The van der Waals surface area contributed by atoms with Crippen LogP contribution in [0, 0.1) is 0 Å². The van der Waals surface area contributed by atoms with Gasteiger partial charge < -0.3 is 9.84 Å². The van der Waals surface area contributed by atoms with Gasteiger partial charge in [0.05, 0.1) is 6.54 Å². The average Bonchev–Trinajstić information content (AvgIpc) is 3.30. The molecule has 9 heteroatoms. The molecule has 0 unspecified atom stereocenters. The molecule has 2 aliphatic heterocycles. The number of hydrogen-bond donors (Lipinski definition) is 2. The van der Waals surface area contributed by atoms with Crippen molar-refractivity contribution in [2.45, 2.75) is 25.0 Å². The Labute approximate surface area is 145 Å². The lowest BCUT2D eigenvalue weighted by atomic mass is 10.1. The molecule has 2 N–H and O–H groups in total. The quantitative estimate of drug-likeness (QED) is 0.832. The van der Waals surface area contributed by atoms with Crippen molar-refractivity contribution in [2.24, 2.45) is 0 Å². The Morgan fingerprint density at radius 3 is 2.83 bits per heavy atom. The maximum Gasteiger partial charge on any atom is 0.280 e. The Kier molecular flexibility index (Phi) is 4.09. The first-order valence-corrected chi connectivity index (χ1v) is 9.54. The molecule has 1 aromatic heterocycles. The monoisotopic (exact) mass is 368 g/mol. The van der Waals surface area contributed by atoms with Gasteiger partial charge >= 0.3 is 0 Å². The fourth-order valence-electron chi connectivity index (χ4n) is 3.22. The van der Waals surface area contributed by atoms with Crippen LogP contribution in [0.4, 0.5) is 0 Å². The third-order valence-corrected chi connectivity index (χ3v) is 6.27. The smallest absolute Gasteiger partial charge is 0.280 e. The van der Waals surface area contributed by atoms with E-state index in [0.717, 1.165) is 12.0 Å². The number of hydrogen-bond acceptors (Lipinski definition) is 5. The van der Waals surface area contributed by atoms with Gasteiger partial charge in [-0.25, -0.2) is 0 Å². The van der Waals surface area contributed by atoms with Crippen molar-refractivity contribution >= 4 is 21.8 Å². The lowest BCUT2D eigenvalue weighted by molar-refractivity contribution is 0.339. The SMILES string of the molecule is O=S(=O)(NCc1cc(-c2ccc(Cl)cc2)no1)N1C[C@@H]2C[C@H]1CN2. The number of nitrogens with one attached hydrogen (secondary N) is 2. The number of nitrogens with zero attached hydrogens (tertiary/aromatic N) is 2. The van der Waals surface area contributed by atoms with Crippen LogP contribution < -0.4 is 10.0 Å². The summed E-state index contributed by atoms with van der Waals surface area (Å²) in [6, 6.07) is 9.25. The summed E-state index contributed by atoms with van der Waals surface area (Å²) >= 11 is 5.86. The molecule has 128 valence electrons. The molecule has 7 nitrogen and oxygen atoms in total. The van der Waals surface area contributed by atoms with E-state index in [-0.39, 0.29) is 18.6 Å². The predicted octanol–water partition coefficient (Wildman–Crippen LogP) is 1.38. The van der Waals surface area contributed by atoms with Gasteiger partial charge in [0.25, 0.3) is 10.2 Å². The normalized spacial score (nSPS) is 23.9. The van der Waals surface area contributed by atoms with E-state index in [1.807, 2.05) is 12.1 Å². The summed E-state index contributed by atoms with van der Waals surface area (Å²) in [5, 5.41) is 7.90. The van der Waals surface area contributed by atoms with Crippen molar-refractivity contribution in [3.05, 3.63) is 41.1 Å². The molecule has 4 rings (SSSR count). The van der Waals surface area contributed by atoms with Gasteiger partial charge in [-0.3, -0.25) is 0 Å². The number of rotatable bonds is 5. The van der Waals surface area contributed by atoms with Crippen LogP contribution in [-0.4, -0.2) is 43.1 Å². The van der Waals surface area contributed by atoms with Crippen molar-refractivity contribution in [1.82, 2.24) is 19.5 Å². The topological polar surface area (TPSA) is 87.5 Å². The fraction of sp³-hybridized carbons (Fsp3) is 0.400. The molecule has 0 saturated carbocycles. The highest BCUT2D eigenvalue weighted by atomic mass is 35.5. The van der Waals surface area contributed by atoms with Crippen molar-refractivity contribution < 1.29 is 12.9 Å². The van der Waals surface area contributed by atoms with Crippen LogP contribution in [0.5, 0.6) is 0 Å². The first-order valence-electron chi connectivity index (χ1n) is 7.72. The Hall–Kier alpha value is -1.45. The second kappa shape index (κ2) is 6.12. The van der Waals surface area contributed by atoms with E-state index in [1.165, 1.54) is 4.31 Å². The van der Waals surface area contributed by atoms with Gasteiger partial charge in [0.1, 0.15) is 5.69 Å². The standard InChI is InChI=1S/C15H17ClN4O3S/c16-11-3-1-10(2-4-11)15-6-14(23-19-15)8-18-24(21,22)20-9-12-5-13(20)7-17-12/h1-4,6,12-13,17-18H,5,7-9H2/t12-,13-/m0/s1. The van der Waals surface area contributed by atoms with Crippen LogP contribution >= 0.6 is 11.6 Å². The summed E-state index contributed by atoms with van der Waals surface area (Å²) in [6.45, 7) is 1.31. The van der Waals surface area contributed by atoms with Gasteiger partial charge in [-0.15, -0.1) is 0 Å². The van der Waals surface area contributed by atoms with Gasteiger partial charge in [-0.1, -0.05) is 28.9 Å². The van der Waals surface area contributed by atoms with Crippen LogP contribution in [0.2, 0.25) is 5.02 Å². The molecule has 0 amide bonds. The van der Waals surface area contributed by atoms with E-state index in [9.17, 15) is 8.42 Å². The largest absolute Gasteiger partial charge is 0.359 e. The van der Waals surface area contributed by atoms with E-state index in [2.05, 4.69) is 15.2 Å². The van der Waals surface area contributed by atoms with Crippen LogP contribution in [0.15, 0.2) is 34.9 Å². The second-order valence-corrected chi connectivity index (χ2v) is 8.22. The minimum atomic E-state index is -3.51. The maximum absolute atomic E-state index is 12.4. The van der Waals surface area contributed by atoms with Crippen molar-refractivity contribution in [1.29, 1.82) is 0 Å². The summed E-state index contributed by atoms with van der Waals surface area (Å²) < 4.78 is 34.2. The molecule has 2 saturated heterocycles. The second-order valence-electron chi connectivity index (χ2n) is 6.08. The Balaban J connectivity index is 1.42. The van der Waals surface area contributed by atoms with Gasteiger partial charge in [-0.05, 0) is 18.6 Å². The van der Waals surface area contributed by atoms with Crippen molar-refractivity contribution in [3.8, 4) is 11.3 Å². The Morgan fingerprint density at radius 1 is 1.38 bits per heavy atom. The van der Waals surface area contributed by atoms with Gasteiger partial charge in [-0.2, -0.15) is 17.4 Å². The van der Waals surface area contributed by atoms with E-state index in [4.69, 9.17) is 16.1 Å². The number of halogens is 1. The number of piperazine rings is 1. The van der Waals surface area contributed by atoms with Crippen LogP contribution in [0.1, 0.15) is 12.2 Å². The molecular formula is C15H17ClN4O3S. The number of aromatic nitrogens is 1. The maximum atomic E-state index is 12.4. The first-order chi connectivity index (χ1) is 11.5. The molecule has 24 heavy (non-hydrogen) atoms. The summed E-state index contributed by atoms with van der Waals surface area (Å²) in [5.41, 5.74) is 1.51. The fourth-order valence-corrected chi connectivity index (χ4v) is 4.76. The van der Waals surface area contributed by atoms with Gasteiger partial charge in [0, 0.05) is 41.8 Å². The molecular weight excluding hydrogens is 352 g/mol. The zero-order valence-corrected chi connectivity index (χ0v) is 14.3. The first kappa shape index (κ1) is 16.0. The Bertz CT molecular complexity index is 837. The molecule has 2 aliphatic rings. The molecule has 3 heterocycles. The lowest BCUT2D eigenvalue weighted by Crippen LogP contribution is -2.50. The van der Waals surface area contributed by atoms with Crippen LogP contribution in [-0.2, 0) is 16.8 Å². The molecule has 2 fully saturated rings. The van der Waals surface area contributed by atoms with Crippen molar-refractivity contribution in [2.75, 3.05) is 13.1 Å². The predicted molar refractivity (Wildman–Crippen MR) is 89.6 cm³/mol. The molecule has 0 spiro atoms. The minimum absolute atomic E-state index is 0.0480. The van der Waals surface area contributed by atoms with Gasteiger partial charge in [0.2, 0.25) is 0 Å². The van der Waals surface area contributed by atoms with E-state index < -0.39 is 10.2 Å². The van der Waals surface area contributed by atoms with E-state index in [0.29, 0.717) is 29.6 Å². The highest BCUT2D eigenvalue weighted by Gasteiger charge is 2.43. The molecule has 0 radical (unpaired) electrons. The van der Waals surface area contributed by atoms with Crippen LogP contribution in [0.3, 0.4) is 0 Å². The lowest BCUT2D eigenvalue weighted by Gasteiger charge is -2.26. The van der Waals surface area contributed by atoms with E-state index in [1.54, 1.807) is 18.2 Å². The minimum Gasteiger partial charge on any atom is -0.359 e. The number of fused-ring (bicyclic) bond motifs is 2. The molecule has 2 bridgehead atoms. The Morgan fingerprint density at radius 2 is 2.17 bits per heavy atom. The highest BCUT2D eigenvalue weighted by molar-refractivity contribution is 7.87. The summed E-state index contributed by atoms with van der Waals surface area (Å²) in [6.07, 6.45) is 0.879. The zero-order chi connectivity index (χ0) is 16.7. The average molecular weight is 369 g/mol. The molecule has 2 atom stereocenters. The van der Waals surface area contributed by atoms with Crippen molar-refractivity contribution in [3.63, 3.8) is 0 Å². The van der Waals surface area contributed by atoms with Crippen LogP contribution in [0.25, 0.3) is 11.3 Å². The molecule has 2 aromatic rings. The highest BCUT2D eigenvalue weighted by Crippen LogP contribution is 2.26. The summed E-state index contributed by atoms with van der Waals surface area (Å²) in [5.74, 6) is 0.464. The molecule has 1 aromatic carbocycles. The third kappa shape index (κ3) is 3.07. The summed E-state index contributed by atoms with van der Waals surface area (Å²) in [7, 11) is -3.51. The number of benzene rings is 1. The van der Waals surface area contributed by atoms with Gasteiger partial charge in [0.15, 0.2) is 5.76 Å². The molecule has 0 aliphatic carbocycles. The zero-order valence-electron chi connectivity index (χ0n) is 12.8. The third-order valence-electron chi connectivity index (χ3n) is 4.44. The van der Waals surface area contributed by atoms with E-state index >= 15 is 0 Å². The summed E-state index contributed by atoms with van der Waals surface area (Å²) in [4.78, 5) is 0.